The van der Waals surface area contributed by atoms with Crippen molar-refractivity contribution < 1.29 is 9.53 Å². The molecule has 0 spiro atoms. The zero-order chi connectivity index (χ0) is 15.5. The lowest BCUT2D eigenvalue weighted by Crippen LogP contribution is -2.19. The van der Waals surface area contributed by atoms with Gasteiger partial charge in [0, 0.05) is 11.8 Å². The van der Waals surface area contributed by atoms with E-state index in [1.807, 2.05) is 6.92 Å². The lowest BCUT2D eigenvalue weighted by Gasteiger charge is -2.29. The summed E-state index contributed by atoms with van der Waals surface area (Å²) in [5.41, 5.74) is 0. The van der Waals surface area contributed by atoms with Crippen LogP contribution in [0.3, 0.4) is 0 Å². The van der Waals surface area contributed by atoms with Crippen LogP contribution in [-0.2, 0) is 9.53 Å². The number of hydrogen-bond donors (Lipinski definition) is 0. The Hall–Kier alpha value is -1.04. The molecule has 0 amide bonds. The molecule has 3 atom stereocenters. The summed E-state index contributed by atoms with van der Waals surface area (Å²) in [5.74, 6) is 2.76. The molecule has 2 heterocycles. The number of thioether (sulfide) groups is 1. The molecule has 2 fully saturated rings. The van der Waals surface area contributed by atoms with Crippen LogP contribution in [0.1, 0.15) is 57.3 Å². The molecule has 1 saturated heterocycles. The number of ether oxygens (including phenoxy) is 1. The predicted molar refractivity (Wildman–Crippen MR) is 85.8 cm³/mol. The van der Waals surface area contributed by atoms with Crippen LogP contribution in [0.4, 0.5) is 0 Å². The second kappa shape index (κ2) is 7.02. The van der Waals surface area contributed by atoms with E-state index in [1.54, 1.807) is 11.8 Å². The number of cyclic esters (lactones) is 1. The van der Waals surface area contributed by atoms with E-state index in [-0.39, 0.29) is 11.9 Å². The number of aromatic nitrogens is 3. The van der Waals surface area contributed by atoms with Crippen molar-refractivity contribution in [2.24, 2.45) is 11.8 Å². The van der Waals surface area contributed by atoms with E-state index < -0.39 is 0 Å². The van der Waals surface area contributed by atoms with Crippen LogP contribution in [-0.4, -0.2) is 33.1 Å². The Balaban J connectivity index is 1.60. The first kappa shape index (κ1) is 15.8. The first-order valence-corrected chi connectivity index (χ1v) is 9.34. The predicted octanol–water partition coefficient (Wildman–Crippen LogP) is 3.38. The lowest BCUT2D eigenvalue weighted by molar-refractivity contribution is -0.141. The summed E-state index contributed by atoms with van der Waals surface area (Å²) in [5, 5.41) is 9.66. The minimum Gasteiger partial charge on any atom is -0.465 e. The molecule has 5 nitrogen and oxygen atoms in total. The van der Waals surface area contributed by atoms with Crippen molar-refractivity contribution >= 4 is 17.7 Å². The van der Waals surface area contributed by atoms with Gasteiger partial charge in [-0.3, -0.25) is 4.79 Å². The topological polar surface area (TPSA) is 57.0 Å². The first-order chi connectivity index (χ1) is 10.6. The average molecular weight is 323 g/mol. The lowest BCUT2D eigenvalue weighted by atomic mass is 9.87. The Bertz CT molecular complexity index is 531. The fraction of sp³-hybridized carbons (Fsp3) is 0.812. The molecule has 1 aliphatic heterocycles. The van der Waals surface area contributed by atoms with Gasteiger partial charge in [-0.2, -0.15) is 0 Å². The quantitative estimate of drug-likeness (QED) is 0.614. The molecular weight excluding hydrogens is 298 g/mol. The summed E-state index contributed by atoms with van der Waals surface area (Å²) >= 11 is 1.73. The Morgan fingerprint density at radius 3 is 2.91 bits per heavy atom. The van der Waals surface area contributed by atoms with Gasteiger partial charge >= 0.3 is 5.97 Å². The zero-order valence-corrected chi connectivity index (χ0v) is 14.3. The van der Waals surface area contributed by atoms with Crippen molar-refractivity contribution in [2.45, 2.75) is 63.6 Å². The average Bonchev–Trinajstić information content (AvgIpc) is 3.06. The van der Waals surface area contributed by atoms with Gasteiger partial charge in [-0.05, 0) is 38.5 Å². The summed E-state index contributed by atoms with van der Waals surface area (Å²) in [7, 11) is 0. The molecule has 3 rings (SSSR count). The summed E-state index contributed by atoms with van der Waals surface area (Å²) in [6, 6.07) is 0.540. The summed E-state index contributed by atoms with van der Waals surface area (Å²) in [6.07, 6.45) is 6.82. The van der Waals surface area contributed by atoms with E-state index in [9.17, 15) is 4.79 Å². The van der Waals surface area contributed by atoms with Crippen molar-refractivity contribution in [1.29, 1.82) is 0 Å². The maximum Gasteiger partial charge on any atom is 0.309 e. The number of carbonyl (C=O) groups is 1. The van der Waals surface area contributed by atoms with Gasteiger partial charge in [0.05, 0.1) is 12.5 Å². The second-order valence-corrected chi connectivity index (χ2v) is 7.68. The highest BCUT2D eigenvalue weighted by Gasteiger charge is 2.27. The second-order valence-electron chi connectivity index (χ2n) is 6.62. The maximum atomic E-state index is 11.5. The van der Waals surface area contributed by atoms with E-state index in [0.29, 0.717) is 12.6 Å². The Kier molecular flexibility index (Phi) is 5.06. The highest BCUT2D eigenvalue weighted by Crippen LogP contribution is 2.35. The molecule has 1 aromatic rings. The number of carbonyl (C=O) groups excluding carboxylic acids is 1. The van der Waals surface area contributed by atoms with Crippen LogP contribution in [0, 0.1) is 18.8 Å². The molecular formula is C16H25N3O2S. The molecule has 1 aromatic heterocycles. The fourth-order valence-electron chi connectivity index (χ4n) is 3.60. The molecule has 0 N–H and O–H groups in total. The Labute approximate surface area is 136 Å². The molecule has 22 heavy (non-hydrogen) atoms. The minimum absolute atomic E-state index is 0.0284. The number of nitrogens with zero attached hydrogens (tertiary/aromatic N) is 3. The minimum atomic E-state index is -0.0284. The highest BCUT2D eigenvalue weighted by atomic mass is 32.2. The Morgan fingerprint density at radius 1 is 1.32 bits per heavy atom. The third-order valence-electron chi connectivity index (χ3n) is 4.85. The molecule has 1 aliphatic carbocycles. The van der Waals surface area contributed by atoms with E-state index >= 15 is 0 Å². The van der Waals surface area contributed by atoms with Gasteiger partial charge in [0.15, 0.2) is 5.16 Å². The maximum absolute atomic E-state index is 11.5. The summed E-state index contributed by atoms with van der Waals surface area (Å²) in [6.45, 7) is 4.97. The fourth-order valence-corrected chi connectivity index (χ4v) is 4.70. The third-order valence-corrected chi connectivity index (χ3v) is 5.83. The molecule has 2 aliphatic rings. The Morgan fingerprint density at radius 2 is 2.18 bits per heavy atom. The molecule has 1 saturated carbocycles. The molecule has 0 radical (unpaired) electrons. The van der Waals surface area contributed by atoms with Crippen LogP contribution in [0.15, 0.2) is 5.16 Å². The summed E-state index contributed by atoms with van der Waals surface area (Å²) < 4.78 is 7.35. The first-order valence-electron chi connectivity index (χ1n) is 8.36. The molecule has 122 valence electrons. The van der Waals surface area contributed by atoms with Gasteiger partial charge in [-0.25, -0.2) is 0 Å². The van der Waals surface area contributed by atoms with Gasteiger partial charge in [0.2, 0.25) is 0 Å². The summed E-state index contributed by atoms with van der Waals surface area (Å²) in [4.78, 5) is 11.5. The van der Waals surface area contributed by atoms with Crippen molar-refractivity contribution in [1.82, 2.24) is 14.8 Å². The van der Waals surface area contributed by atoms with Crippen molar-refractivity contribution in [3.8, 4) is 0 Å². The van der Waals surface area contributed by atoms with Crippen LogP contribution >= 0.6 is 11.8 Å². The van der Waals surface area contributed by atoms with Crippen molar-refractivity contribution in [3.05, 3.63) is 5.82 Å². The van der Waals surface area contributed by atoms with E-state index in [1.165, 1.54) is 25.7 Å². The molecule has 0 unspecified atom stereocenters. The normalized spacial score (nSPS) is 28.8. The van der Waals surface area contributed by atoms with Crippen molar-refractivity contribution in [3.63, 3.8) is 0 Å². The smallest absolute Gasteiger partial charge is 0.309 e. The van der Waals surface area contributed by atoms with Crippen LogP contribution in [0.25, 0.3) is 0 Å². The number of esters is 1. The molecule has 6 heteroatoms. The SMILES string of the molecule is Cc1nnc(SCC[C@@H]2CCOC2=O)n1[C@@H]1CCC[C@H](C)C1. The van der Waals surface area contributed by atoms with Gasteiger partial charge < -0.3 is 9.30 Å². The zero-order valence-electron chi connectivity index (χ0n) is 13.5. The van der Waals surface area contributed by atoms with Gasteiger partial charge in [-0.15, -0.1) is 10.2 Å². The number of aryl methyl sites for hydroxylation is 1. The number of hydrogen-bond acceptors (Lipinski definition) is 5. The van der Waals surface area contributed by atoms with E-state index in [2.05, 4.69) is 21.7 Å². The van der Waals surface area contributed by atoms with Gasteiger partial charge in [-0.1, -0.05) is 31.5 Å². The van der Waals surface area contributed by atoms with E-state index in [0.717, 1.165) is 35.5 Å². The molecule has 0 bridgehead atoms. The van der Waals surface area contributed by atoms with Crippen LogP contribution in [0.5, 0.6) is 0 Å². The largest absolute Gasteiger partial charge is 0.465 e. The highest BCUT2D eigenvalue weighted by molar-refractivity contribution is 7.99. The monoisotopic (exact) mass is 323 g/mol. The van der Waals surface area contributed by atoms with Gasteiger partial charge in [0.25, 0.3) is 0 Å². The molecule has 0 aromatic carbocycles. The van der Waals surface area contributed by atoms with Gasteiger partial charge in [0.1, 0.15) is 5.82 Å². The van der Waals surface area contributed by atoms with Crippen LogP contribution in [0.2, 0.25) is 0 Å². The van der Waals surface area contributed by atoms with E-state index in [4.69, 9.17) is 4.74 Å². The number of rotatable bonds is 5. The third kappa shape index (κ3) is 3.47. The standard InChI is InChI=1S/C16H25N3O2S/c1-11-4-3-5-14(10-11)19-12(2)17-18-16(19)22-9-7-13-6-8-21-15(13)20/h11,13-14H,3-10H2,1-2H3/t11-,13-,14+/m0/s1. The van der Waals surface area contributed by atoms with Crippen LogP contribution < -0.4 is 0 Å². The van der Waals surface area contributed by atoms with Crippen molar-refractivity contribution in [2.75, 3.05) is 12.4 Å².